The van der Waals surface area contributed by atoms with E-state index in [0.29, 0.717) is 5.88 Å². The van der Waals surface area contributed by atoms with E-state index in [9.17, 15) is 0 Å². The first-order valence-corrected chi connectivity index (χ1v) is 4.70. The average molecular weight is 208 g/mol. The second-order valence-corrected chi connectivity index (χ2v) is 3.52. The third-order valence-corrected chi connectivity index (χ3v) is 2.44. The number of ether oxygens (including phenoxy) is 1. The smallest absolute Gasteiger partial charge is 0.221 e. The van der Waals surface area contributed by atoms with Crippen LogP contribution in [-0.2, 0) is 0 Å². The Morgan fingerprint density at radius 1 is 1.29 bits per heavy atom. The zero-order valence-electron chi connectivity index (χ0n) is 8.04. The van der Waals surface area contributed by atoms with Gasteiger partial charge >= 0.3 is 0 Å². The molecular weight excluding hydrogens is 198 g/mol. The quantitative estimate of drug-likeness (QED) is 0.717. The average Bonchev–Trinajstić information content (AvgIpc) is 2.18. The van der Waals surface area contributed by atoms with E-state index in [1.165, 1.54) is 0 Å². The third-order valence-electron chi connectivity index (χ3n) is 2.11. The lowest BCUT2D eigenvalue weighted by Crippen LogP contribution is -1.91. The Hall–Kier alpha value is -1.28. The van der Waals surface area contributed by atoms with Crippen LogP contribution in [0.5, 0.6) is 5.88 Å². The maximum Gasteiger partial charge on any atom is 0.221 e. The number of halogens is 1. The molecule has 0 unspecified atom stereocenters. The Kier molecular flexibility index (Phi) is 2.30. The highest BCUT2D eigenvalue weighted by atomic mass is 35.5. The van der Waals surface area contributed by atoms with Gasteiger partial charge in [0.25, 0.3) is 0 Å². The monoisotopic (exact) mass is 207 g/mol. The first kappa shape index (κ1) is 9.28. The number of nitrogens with zero attached hydrogens (tertiary/aromatic N) is 1. The van der Waals surface area contributed by atoms with Gasteiger partial charge in [0.15, 0.2) is 0 Å². The molecule has 14 heavy (non-hydrogen) atoms. The minimum absolute atomic E-state index is 0.627. The molecule has 1 aromatic carbocycles. The zero-order valence-corrected chi connectivity index (χ0v) is 8.80. The standard InChI is InChI=1S/C11H10ClNO/c1-7-6-9-8(11(13-7)14-2)4-3-5-10(9)12/h3-6H,1-2H3. The summed E-state index contributed by atoms with van der Waals surface area (Å²) in [7, 11) is 1.61. The minimum Gasteiger partial charge on any atom is -0.481 e. The van der Waals surface area contributed by atoms with E-state index < -0.39 is 0 Å². The summed E-state index contributed by atoms with van der Waals surface area (Å²) in [5.74, 6) is 0.627. The number of rotatable bonds is 1. The molecule has 1 heterocycles. The van der Waals surface area contributed by atoms with Crippen molar-refractivity contribution in [2.24, 2.45) is 0 Å². The van der Waals surface area contributed by atoms with E-state index in [-0.39, 0.29) is 0 Å². The molecule has 1 aromatic heterocycles. The molecule has 2 nitrogen and oxygen atoms in total. The maximum atomic E-state index is 6.07. The van der Waals surface area contributed by atoms with Gasteiger partial charge in [-0.15, -0.1) is 0 Å². The Morgan fingerprint density at radius 3 is 2.79 bits per heavy atom. The van der Waals surface area contributed by atoms with Crippen LogP contribution in [0, 0.1) is 6.92 Å². The van der Waals surface area contributed by atoms with Crippen LogP contribution in [0.4, 0.5) is 0 Å². The van der Waals surface area contributed by atoms with Crippen molar-refractivity contribution in [3.05, 3.63) is 35.0 Å². The summed E-state index contributed by atoms with van der Waals surface area (Å²) in [5.41, 5.74) is 0.905. The Morgan fingerprint density at radius 2 is 2.07 bits per heavy atom. The molecule has 0 aliphatic heterocycles. The third kappa shape index (κ3) is 1.42. The molecule has 3 heteroatoms. The van der Waals surface area contributed by atoms with Crippen molar-refractivity contribution in [2.45, 2.75) is 6.92 Å². The van der Waals surface area contributed by atoms with Crippen molar-refractivity contribution in [3.8, 4) is 5.88 Å². The number of hydrogen-bond donors (Lipinski definition) is 0. The molecule has 0 spiro atoms. The summed E-state index contributed by atoms with van der Waals surface area (Å²) in [6.45, 7) is 1.92. The highest BCUT2D eigenvalue weighted by molar-refractivity contribution is 6.35. The number of fused-ring (bicyclic) bond motifs is 1. The van der Waals surface area contributed by atoms with E-state index in [1.54, 1.807) is 7.11 Å². The Balaban J connectivity index is 2.87. The Labute approximate surface area is 87.5 Å². The van der Waals surface area contributed by atoms with Crippen molar-refractivity contribution in [1.29, 1.82) is 0 Å². The van der Waals surface area contributed by atoms with Crippen LogP contribution in [0.25, 0.3) is 10.8 Å². The van der Waals surface area contributed by atoms with Crippen LogP contribution in [0.15, 0.2) is 24.3 Å². The highest BCUT2D eigenvalue weighted by Crippen LogP contribution is 2.29. The molecule has 0 saturated heterocycles. The summed E-state index contributed by atoms with van der Waals surface area (Å²) >= 11 is 6.07. The summed E-state index contributed by atoms with van der Waals surface area (Å²) < 4.78 is 5.19. The summed E-state index contributed by atoms with van der Waals surface area (Å²) in [4.78, 5) is 4.28. The van der Waals surface area contributed by atoms with Gasteiger partial charge < -0.3 is 4.74 Å². The molecule has 0 aliphatic rings. The van der Waals surface area contributed by atoms with E-state index in [2.05, 4.69) is 4.98 Å². The van der Waals surface area contributed by atoms with Crippen LogP contribution >= 0.6 is 11.6 Å². The number of pyridine rings is 1. The fraction of sp³-hybridized carbons (Fsp3) is 0.182. The lowest BCUT2D eigenvalue weighted by atomic mass is 10.1. The summed E-state index contributed by atoms with van der Waals surface area (Å²) in [6, 6.07) is 7.67. The minimum atomic E-state index is 0.627. The fourth-order valence-electron chi connectivity index (χ4n) is 1.49. The number of benzene rings is 1. The van der Waals surface area contributed by atoms with Gasteiger partial charge in [-0.25, -0.2) is 4.98 Å². The summed E-state index contributed by atoms with van der Waals surface area (Å²) in [6.07, 6.45) is 0. The van der Waals surface area contributed by atoms with Gasteiger partial charge in [-0.3, -0.25) is 0 Å². The molecule has 2 aromatic rings. The molecule has 0 aliphatic carbocycles. The van der Waals surface area contributed by atoms with Gasteiger partial charge in [0.05, 0.1) is 7.11 Å². The molecule has 2 rings (SSSR count). The van der Waals surface area contributed by atoms with Gasteiger partial charge in [0, 0.05) is 21.5 Å². The first-order valence-electron chi connectivity index (χ1n) is 4.32. The van der Waals surface area contributed by atoms with Crippen molar-refractivity contribution in [1.82, 2.24) is 4.98 Å². The first-order chi connectivity index (χ1) is 6.72. The second kappa shape index (κ2) is 3.46. The van der Waals surface area contributed by atoms with Gasteiger partial charge in [-0.1, -0.05) is 17.7 Å². The SMILES string of the molecule is COc1nc(C)cc2c(Cl)cccc12. The maximum absolute atomic E-state index is 6.07. The second-order valence-electron chi connectivity index (χ2n) is 3.11. The van der Waals surface area contributed by atoms with Crippen LogP contribution < -0.4 is 4.74 Å². The topological polar surface area (TPSA) is 22.1 Å². The lowest BCUT2D eigenvalue weighted by Gasteiger charge is -2.06. The van der Waals surface area contributed by atoms with E-state index in [4.69, 9.17) is 16.3 Å². The molecule has 0 N–H and O–H groups in total. The van der Waals surface area contributed by atoms with Gasteiger partial charge in [-0.05, 0) is 25.1 Å². The van der Waals surface area contributed by atoms with Crippen LogP contribution in [-0.4, -0.2) is 12.1 Å². The van der Waals surface area contributed by atoms with Crippen molar-refractivity contribution < 1.29 is 4.74 Å². The molecule has 0 amide bonds. The predicted octanol–water partition coefficient (Wildman–Crippen LogP) is 3.21. The fourth-order valence-corrected chi connectivity index (χ4v) is 1.72. The number of methoxy groups -OCH3 is 1. The molecule has 0 fully saturated rings. The molecule has 0 bridgehead atoms. The normalized spacial score (nSPS) is 10.5. The van der Waals surface area contributed by atoms with Crippen LogP contribution in [0.3, 0.4) is 0 Å². The van der Waals surface area contributed by atoms with E-state index in [0.717, 1.165) is 21.5 Å². The molecule has 0 saturated carbocycles. The largest absolute Gasteiger partial charge is 0.481 e. The van der Waals surface area contributed by atoms with Gasteiger partial charge in [0.1, 0.15) is 0 Å². The highest BCUT2D eigenvalue weighted by Gasteiger charge is 2.06. The lowest BCUT2D eigenvalue weighted by molar-refractivity contribution is 0.402. The van der Waals surface area contributed by atoms with E-state index in [1.807, 2.05) is 31.2 Å². The number of hydrogen-bond acceptors (Lipinski definition) is 2. The van der Waals surface area contributed by atoms with Gasteiger partial charge in [0.2, 0.25) is 5.88 Å². The number of aromatic nitrogens is 1. The number of aryl methyl sites for hydroxylation is 1. The van der Waals surface area contributed by atoms with Crippen LogP contribution in [0.1, 0.15) is 5.69 Å². The summed E-state index contributed by atoms with van der Waals surface area (Å²) in [5, 5.41) is 2.66. The van der Waals surface area contributed by atoms with Crippen molar-refractivity contribution in [2.75, 3.05) is 7.11 Å². The Bertz CT molecular complexity index is 482. The van der Waals surface area contributed by atoms with Gasteiger partial charge in [-0.2, -0.15) is 0 Å². The van der Waals surface area contributed by atoms with Crippen molar-refractivity contribution >= 4 is 22.4 Å². The molecule has 0 atom stereocenters. The van der Waals surface area contributed by atoms with Crippen LogP contribution in [0.2, 0.25) is 5.02 Å². The van der Waals surface area contributed by atoms with E-state index >= 15 is 0 Å². The van der Waals surface area contributed by atoms with Crippen molar-refractivity contribution in [3.63, 3.8) is 0 Å². The zero-order chi connectivity index (χ0) is 10.1. The molecular formula is C11H10ClNO. The molecule has 0 radical (unpaired) electrons. The molecule has 72 valence electrons. The predicted molar refractivity (Wildman–Crippen MR) is 58.0 cm³/mol.